The maximum atomic E-state index is 12.3. The molecule has 3 heterocycles. The lowest BCUT2D eigenvalue weighted by atomic mass is 9.99. The highest BCUT2D eigenvalue weighted by molar-refractivity contribution is 7.18. The SMILES string of the molecule is O=C(CCCc1nc2ccccc2s1)N[C@H]1CCN2CCCC[C@@H]12. The standard InChI is InChI=1S/C19H25N3OS/c23-18(20-14-11-13-22-12-4-3-7-16(14)22)9-5-10-19-21-15-6-1-2-8-17(15)24-19/h1-2,6,8,14,16H,3-5,7,9-13H2,(H,20,23)/t14-,16-/m0/s1. The molecule has 1 aromatic heterocycles. The molecule has 2 atom stereocenters. The number of aromatic nitrogens is 1. The third kappa shape index (κ3) is 3.47. The van der Waals surface area contributed by atoms with Gasteiger partial charge in [-0.15, -0.1) is 11.3 Å². The zero-order valence-electron chi connectivity index (χ0n) is 14.0. The van der Waals surface area contributed by atoms with Gasteiger partial charge < -0.3 is 5.32 Å². The van der Waals surface area contributed by atoms with Crippen LogP contribution >= 0.6 is 11.3 Å². The molecule has 2 fully saturated rings. The zero-order valence-corrected chi connectivity index (χ0v) is 14.9. The molecule has 0 saturated carbocycles. The number of hydrogen-bond donors (Lipinski definition) is 1. The molecule has 0 aliphatic carbocycles. The van der Waals surface area contributed by atoms with Crippen molar-refractivity contribution >= 4 is 27.5 Å². The van der Waals surface area contributed by atoms with E-state index in [1.54, 1.807) is 11.3 Å². The quantitative estimate of drug-likeness (QED) is 0.905. The number of carbonyl (C=O) groups excluding carboxylic acids is 1. The second-order valence-electron chi connectivity index (χ2n) is 6.99. The first kappa shape index (κ1) is 16.0. The highest BCUT2D eigenvalue weighted by Crippen LogP contribution is 2.27. The van der Waals surface area contributed by atoms with E-state index >= 15 is 0 Å². The lowest BCUT2D eigenvalue weighted by Gasteiger charge is -2.32. The minimum atomic E-state index is 0.216. The lowest BCUT2D eigenvalue weighted by molar-refractivity contribution is -0.122. The molecule has 0 unspecified atom stereocenters. The first-order valence-electron chi connectivity index (χ1n) is 9.17. The van der Waals surface area contributed by atoms with E-state index in [0.717, 1.165) is 36.3 Å². The number of hydrogen-bond acceptors (Lipinski definition) is 4. The van der Waals surface area contributed by atoms with Gasteiger partial charge in [-0.1, -0.05) is 18.6 Å². The van der Waals surface area contributed by atoms with Crippen LogP contribution in [0.2, 0.25) is 0 Å². The summed E-state index contributed by atoms with van der Waals surface area (Å²) in [6, 6.07) is 9.20. The van der Waals surface area contributed by atoms with E-state index in [2.05, 4.69) is 27.3 Å². The number of nitrogens with zero attached hydrogens (tertiary/aromatic N) is 2. The molecule has 1 amide bonds. The summed E-state index contributed by atoms with van der Waals surface area (Å²) >= 11 is 1.75. The van der Waals surface area contributed by atoms with Crippen molar-refractivity contribution in [3.05, 3.63) is 29.3 Å². The first-order valence-corrected chi connectivity index (χ1v) is 9.99. The summed E-state index contributed by atoms with van der Waals surface area (Å²) < 4.78 is 1.24. The van der Waals surface area contributed by atoms with Gasteiger partial charge in [-0.05, 0) is 50.8 Å². The molecule has 24 heavy (non-hydrogen) atoms. The Hall–Kier alpha value is -1.46. The van der Waals surface area contributed by atoms with E-state index < -0.39 is 0 Å². The molecule has 0 bridgehead atoms. The van der Waals surface area contributed by atoms with Gasteiger partial charge >= 0.3 is 0 Å². The van der Waals surface area contributed by atoms with Crippen molar-refractivity contribution in [1.82, 2.24) is 15.2 Å². The second-order valence-corrected chi connectivity index (χ2v) is 8.11. The number of para-hydroxylation sites is 1. The van der Waals surface area contributed by atoms with E-state index in [9.17, 15) is 4.79 Å². The predicted molar refractivity (Wildman–Crippen MR) is 98.3 cm³/mol. The minimum absolute atomic E-state index is 0.216. The van der Waals surface area contributed by atoms with Crippen LogP contribution in [0.1, 0.15) is 43.5 Å². The predicted octanol–water partition coefficient (Wildman–Crippen LogP) is 3.36. The number of rotatable bonds is 5. The molecule has 0 radical (unpaired) electrons. The van der Waals surface area contributed by atoms with Crippen LogP contribution < -0.4 is 5.32 Å². The van der Waals surface area contributed by atoms with Crippen molar-refractivity contribution in [2.45, 2.75) is 57.0 Å². The molecule has 0 spiro atoms. The minimum Gasteiger partial charge on any atom is -0.352 e. The monoisotopic (exact) mass is 343 g/mol. The molecular formula is C19H25N3OS. The fourth-order valence-electron chi connectivity index (χ4n) is 4.12. The topological polar surface area (TPSA) is 45.2 Å². The molecule has 2 aliphatic heterocycles. The van der Waals surface area contributed by atoms with E-state index in [1.807, 2.05) is 12.1 Å². The van der Waals surface area contributed by atoms with Gasteiger partial charge in [0, 0.05) is 25.0 Å². The van der Waals surface area contributed by atoms with Crippen molar-refractivity contribution in [3.8, 4) is 0 Å². The van der Waals surface area contributed by atoms with E-state index in [0.29, 0.717) is 18.5 Å². The molecular weight excluding hydrogens is 318 g/mol. The Morgan fingerprint density at radius 3 is 3.08 bits per heavy atom. The van der Waals surface area contributed by atoms with Gasteiger partial charge in [0.15, 0.2) is 0 Å². The molecule has 4 rings (SSSR count). The highest BCUT2D eigenvalue weighted by atomic mass is 32.1. The molecule has 2 saturated heterocycles. The average molecular weight is 343 g/mol. The average Bonchev–Trinajstić information content (AvgIpc) is 3.19. The van der Waals surface area contributed by atoms with Gasteiger partial charge in [0.1, 0.15) is 0 Å². The molecule has 1 N–H and O–H groups in total. The van der Waals surface area contributed by atoms with Gasteiger partial charge in [-0.25, -0.2) is 4.98 Å². The Labute approximate surface area is 147 Å². The van der Waals surface area contributed by atoms with Crippen LogP contribution in [0.4, 0.5) is 0 Å². The third-order valence-electron chi connectivity index (χ3n) is 5.34. The number of piperidine rings is 1. The number of nitrogens with one attached hydrogen (secondary N) is 1. The van der Waals surface area contributed by atoms with Crippen LogP contribution in [0, 0.1) is 0 Å². The van der Waals surface area contributed by atoms with Crippen LogP contribution in [0.15, 0.2) is 24.3 Å². The highest BCUT2D eigenvalue weighted by Gasteiger charge is 2.35. The van der Waals surface area contributed by atoms with E-state index in [1.165, 1.54) is 30.5 Å². The van der Waals surface area contributed by atoms with Gasteiger partial charge in [0.25, 0.3) is 0 Å². The number of benzene rings is 1. The second kappa shape index (κ2) is 7.19. The van der Waals surface area contributed by atoms with Gasteiger partial charge in [-0.2, -0.15) is 0 Å². The summed E-state index contributed by atoms with van der Waals surface area (Å²) in [5.74, 6) is 0.216. The van der Waals surface area contributed by atoms with Crippen molar-refractivity contribution in [3.63, 3.8) is 0 Å². The van der Waals surface area contributed by atoms with Gasteiger partial charge in [0.05, 0.1) is 15.2 Å². The fraction of sp³-hybridized carbons (Fsp3) is 0.579. The molecule has 2 aliphatic rings. The summed E-state index contributed by atoms with van der Waals surface area (Å²) in [6.45, 7) is 2.37. The smallest absolute Gasteiger partial charge is 0.220 e. The van der Waals surface area contributed by atoms with Crippen LogP contribution in [0.25, 0.3) is 10.2 Å². The van der Waals surface area contributed by atoms with Crippen LogP contribution in [-0.4, -0.2) is 41.0 Å². The Kier molecular flexibility index (Phi) is 4.81. The summed E-state index contributed by atoms with van der Waals surface area (Å²) in [5.41, 5.74) is 1.07. The summed E-state index contributed by atoms with van der Waals surface area (Å²) in [6.07, 6.45) is 7.38. The van der Waals surface area contributed by atoms with Gasteiger partial charge in [-0.3, -0.25) is 9.69 Å². The zero-order chi connectivity index (χ0) is 16.4. The number of carbonyl (C=O) groups is 1. The number of fused-ring (bicyclic) bond motifs is 2. The molecule has 5 heteroatoms. The molecule has 1 aromatic carbocycles. The largest absolute Gasteiger partial charge is 0.352 e. The summed E-state index contributed by atoms with van der Waals surface area (Å²) in [5, 5.41) is 4.44. The van der Waals surface area contributed by atoms with Crippen LogP contribution in [0.5, 0.6) is 0 Å². The first-order chi connectivity index (χ1) is 11.8. The summed E-state index contributed by atoms with van der Waals surface area (Å²) in [7, 11) is 0. The fourth-order valence-corrected chi connectivity index (χ4v) is 5.13. The number of amides is 1. The Balaban J connectivity index is 1.24. The number of aryl methyl sites for hydroxylation is 1. The lowest BCUT2D eigenvalue weighted by Crippen LogP contribution is -2.46. The Bertz CT molecular complexity index is 680. The molecule has 4 nitrogen and oxygen atoms in total. The van der Waals surface area contributed by atoms with E-state index in [-0.39, 0.29) is 5.91 Å². The van der Waals surface area contributed by atoms with Crippen LogP contribution in [-0.2, 0) is 11.2 Å². The number of thiazole rings is 1. The normalized spacial score (nSPS) is 24.2. The maximum Gasteiger partial charge on any atom is 0.220 e. The van der Waals surface area contributed by atoms with Crippen LogP contribution in [0.3, 0.4) is 0 Å². The van der Waals surface area contributed by atoms with Crippen molar-refractivity contribution in [2.75, 3.05) is 13.1 Å². The molecule has 2 aromatic rings. The van der Waals surface area contributed by atoms with Crippen molar-refractivity contribution < 1.29 is 4.79 Å². The molecule has 128 valence electrons. The maximum absolute atomic E-state index is 12.3. The third-order valence-corrected chi connectivity index (χ3v) is 6.43. The Morgan fingerprint density at radius 1 is 1.25 bits per heavy atom. The van der Waals surface area contributed by atoms with E-state index in [4.69, 9.17) is 0 Å². The Morgan fingerprint density at radius 2 is 2.17 bits per heavy atom. The van der Waals surface area contributed by atoms with Gasteiger partial charge in [0.2, 0.25) is 5.91 Å². The van der Waals surface area contributed by atoms with Crippen molar-refractivity contribution in [1.29, 1.82) is 0 Å². The van der Waals surface area contributed by atoms with Crippen molar-refractivity contribution in [2.24, 2.45) is 0 Å². The summed E-state index contributed by atoms with van der Waals surface area (Å²) in [4.78, 5) is 19.5.